The lowest BCUT2D eigenvalue weighted by molar-refractivity contribution is -0.138. The van der Waals surface area contributed by atoms with E-state index in [1.54, 1.807) is 0 Å². The number of hydrogen-bond acceptors (Lipinski definition) is 2. The average molecular weight is 275 g/mol. The number of rotatable bonds is 6. The molecule has 0 aromatic heterocycles. The summed E-state index contributed by atoms with van der Waals surface area (Å²) in [6.45, 7) is 5.88. The van der Waals surface area contributed by atoms with Gasteiger partial charge in [0.05, 0.1) is 0 Å². The first kappa shape index (κ1) is 16.4. The van der Waals surface area contributed by atoms with Crippen LogP contribution in [0.15, 0.2) is 36.4 Å². The molecule has 1 aliphatic rings. The largest absolute Gasteiger partial charge is 0.480 e. The van der Waals surface area contributed by atoms with Crippen LogP contribution in [0.4, 0.5) is 0 Å². The van der Waals surface area contributed by atoms with Crippen LogP contribution in [-0.4, -0.2) is 17.1 Å². The Morgan fingerprint density at radius 3 is 2.15 bits per heavy atom. The maximum absolute atomic E-state index is 10.6. The zero-order valence-electron chi connectivity index (χ0n) is 12.3. The molecule has 3 heteroatoms. The number of benzene rings is 1. The van der Waals surface area contributed by atoms with E-state index < -0.39 is 12.0 Å². The van der Waals surface area contributed by atoms with E-state index in [9.17, 15) is 4.79 Å². The molecule has 0 aliphatic heterocycles. The Morgan fingerprint density at radius 1 is 1.25 bits per heavy atom. The molecule has 0 saturated heterocycles. The lowest BCUT2D eigenvalue weighted by Crippen LogP contribution is -2.32. The van der Waals surface area contributed by atoms with Gasteiger partial charge in [-0.1, -0.05) is 49.1 Å². The van der Waals surface area contributed by atoms with Crippen molar-refractivity contribution in [1.82, 2.24) is 0 Å². The van der Waals surface area contributed by atoms with Crippen LogP contribution >= 0.6 is 0 Å². The molecular weight excluding hydrogens is 250 g/mol. The third kappa shape index (κ3) is 7.74. The Bertz CT molecular complexity index is 432. The van der Waals surface area contributed by atoms with E-state index in [0.29, 0.717) is 6.42 Å². The maximum atomic E-state index is 10.6. The molecule has 0 spiro atoms. The predicted octanol–water partition coefficient (Wildman–Crippen LogP) is 3.32. The first-order chi connectivity index (χ1) is 9.49. The lowest BCUT2D eigenvalue weighted by Gasteiger charge is -2.07. The van der Waals surface area contributed by atoms with E-state index in [-0.39, 0.29) is 0 Å². The first-order valence-corrected chi connectivity index (χ1v) is 7.19. The highest BCUT2D eigenvalue weighted by Crippen LogP contribution is 2.15. The third-order valence-corrected chi connectivity index (χ3v) is 2.99. The number of aliphatic carboxylic acids is 1. The minimum Gasteiger partial charge on any atom is -0.480 e. The van der Waals surface area contributed by atoms with Crippen LogP contribution in [0.1, 0.15) is 43.7 Å². The molecule has 110 valence electrons. The molecule has 1 atom stereocenters. The number of carboxylic acids is 1. The fourth-order valence-corrected chi connectivity index (χ4v) is 1.54. The maximum Gasteiger partial charge on any atom is 0.320 e. The van der Waals surface area contributed by atoms with Gasteiger partial charge in [-0.05, 0) is 37.3 Å². The number of carboxylic acid groups (broad SMARTS) is 1. The van der Waals surface area contributed by atoms with Gasteiger partial charge in [0.2, 0.25) is 0 Å². The Balaban J connectivity index is 0.000000584. The predicted molar refractivity (Wildman–Crippen MR) is 82.7 cm³/mol. The highest BCUT2D eigenvalue weighted by molar-refractivity contribution is 5.73. The van der Waals surface area contributed by atoms with Crippen molar-refractivity contribution < 1.29 is 9.90 Å². The molecule has 2 rings (SSSR count). The van der Waals surface area contributed by atoms with Gasteiger partial charge in [0.25, 0.3) is 0 Å². The van der Waals surface area contributed by atoms with Crippen molar-refractivity contribution >= 4 is 5.97 Å². The molecule has 3 N–H and O–H groups in total. The minimum absolute atomic E-state index is 0.371. The Kier molecular flexibility index (Phi) is 7.02. The van der Waals surface area contributed by atoms with Gasteiger partial charge in [0.1, 0.15) is 6.04 Å². The third-order valence-electron chi connectivity index (χ3n) is 2.99. The quantitative estimate of drug-likeness (QED) is 0.783. The molecular formula is C17H25NO2. The Morgan fingerprint density at radius 2 is 1.75 bits per heavy atom. The summed E-state index contributed by atoms with van der Waals surface area (Å²) >= 11 is 0. The van der Waals surface area contributed by atoms with Crippen LogP contribution in [0.3, 0.4) is 0 Å². The summed E-state index contributed by atoms with van der Waals surface area (Å²) in [7, 11) is 0. The van der Waals surface area contributed by atoms with Gasteiger partial charge in [-0.15, -0.1) is 6.58 Å². The summed E-state index contributed by atoms with van der Waals surface area (Å²) in [5, 5.41) is 8.71. The van der Waals surface area contributed by atoms with E-state index in [2.05, 4.69) is 6.58 Å². The van der Waals surface area contributed by atoms with Crippen LogP contribution in [0.2, 0.25) is 0 Å². The molecule has 0 radical (unpaired) electrons. The zero-order chi connectivity index (χ0) is 15.0. The van der Waals surface area contributed by atoms with Gasteiger partial charge in [-0.3, -0.25) is 4.79 Å². The number of hydrogen-bond donors (Lipinski definition) is 2. The summed E-state index contributed by atoms with van der Waals surface area (Å²) in [6.07, 6.45) is 6.82. The van der Waals surface area contributed by atoms with Crippen molar-refractivity contribution in [1.29, 1.82) is 0 Å². The fourth-order valence-electron chi connectivity index (χ4n) is 1.54. The Hall–Kier alpha value is -1.61. The smallest absolute Gasteiger partial charge is 0.320 e. The van der Waals surface area contributed by atoms with Crippen molar-refractivity contribution in [2.45, 2.75) is 51.5 Å². The van der Waals surface area contributed by atoms with Crippen molar-refractivity contribution in [3.8, 4) is 0 Å². The van der Waals surface area contributed by atoms with Gasteiger partial charge in [0, 0.05) is 0 Å². The van der Waals surface area contributed by atoms with E-state index in [1.165, 1.54) is 30.4 Å². The van der Waals surface area contributed by atoms with Gasteiger partial charge in [0.15, 0.2) is 0 Å². The second-order valence-corrected chi connectivity index (χ2v) is 5.48. The van der Waals surface area contributed by atoms with E-state index >= 15 is 0 Å². The molecule has 1 aromatic carbocycles. The van der Waals surface area contributed by atoms with Crippen LogP contribution in [-0.2, 0) is 17.6 Å². The molecule has 1 saturated carbocycles. The molecule has 1 aromatic rings. The molecule has 0 amide bonds. The number of allylic oxidation sites excluding steroid dienone is 1. The van der Waals surface area contributed by atoms with Crippen LogP contribution in [0.25, 0.3) is 0 Å². The molecule has 3 nitrogen and oxygen atoms in total. The molecule has 20 heavy (non-hydrogen) atoms. The highest BCUT2D eigenvalue weighted by Gasteiger charge is 2.11. The van der Waals surface area contributed by atoms with Gasteiger partial charge in [-0.25, -0.2) is 0 Å². The second-order valence-electron chi connectivity index (χ2n) is 5.48. The number of aryl methyl sites for hydroxylation is 1. The fraction of sp³-hybridized carbons (Fsp3) is 0.471. The second kappa shape index (κ2) is 8.54. The van der Waals surface area contributed by atoms with Gasteiger partial charge >= 0.3 is 5.97 Å². The standard InChI is InChI=1S/C14H19NO2.C3H6/c1-10(2)3-4-11-5-7-12(8-6-11)9-13(15)14(16)17;1-2-3-1/h5-8,13H,1,3-4,9,15H2,2H3,(H,16,17);1-3H2. The van der Waals surface area contributed by atoms with Crippen molar-refractivity contribution in [2.24, 2.45) is 5.73 Å². The minimum atomic E-state index is -0.962. The van der Waals surface area contributed by atoms with Gasteiger partial charge < -0.3 is 10.8 Å². The van der Waals surface area contributed by atoms with E-state index in [4.69, 9.17) is 10.8 Å². The molecule has 1 aliphatic carbocycles. The summed E-state index contributed by atoms with van der Waals surface area (Å²) in [5.74, 6) is -0.962. The first-order valence-electron chi connectivity index (χ1n) is 7.19. The average Bonchev–Trinajstić information content (AvgIpc) is 3.25. The van der Waals surface area contributed by atoms with Crippen LogP contribution in [0, 0.1) is 0 Å². The van der Waals surface area contributed by atoms with Crippen molar-refractivity contribution in [2.75, 3.05) is 0 Å². The molecule has 1 fully saturated rings. The number of carbonyl (C=O) groups is 1. The lowest BCUT2D eigenvalue weighted by atomic mass is 10.0. The summed E-state index contributed by atoms with van der Waals surface area (Å²) in [5.41, 5.74) is 8.84. The SMILES string of the molecule is C1CC1.C=C(C)CCc1ccc(CC(N)C(=O)O)cc1. The van der Waals surface area contributed by atoms with Gasteiger partial charge in [-0.2, -0.15) is 0 Å². The van der Waals surface area contributed by atoms with Crippen molar-refractivity contribution in [3.05, 3.63) is 47.5 Å². The monoisotopic (exact) mass is 275 g/mol. The van der Waals surface area contributed by atoms with E-state index in [0.717, 1.165) is 18.4 Å². The normalized spacial score (nSPS) is 13.9. The molecule has 1 unspecified atom stereocenters. The van der Waals surface area contributed by atoms with Crippen molar-refractivity contribution in [3.63, 3.8) is 0 Å². The van der Waals surface area contributed by atoms with Crippen LogP contribution in [0.5, 0.6) is 0 Å². The summed E-state index contributed by atoms with van der Waals surface area (Å²) in [6, 6.07) is 7.10. The Labute approximate surface area is 121 Å². The highest BCUT2D eigenvalue weighted by atomic mass is 16.4. The zero-order valence-corrected chi connectivity index (χ0v) is 12.3. The summed E-state index contributed by atoms with van der Waals surface area (Å²) < 4.78 is 0. The molecule has 0 heterocycles. The molecule has 0 bridgehead atoms. The summed E-state index contributed by atoms with van der Waals surface area (Å²) in [4.78, 5) is 10.6. The number of nitrogens with two attached hydrogens (primary N) is 1. The van der Waals surface area contributed by atoms with Crippen LogP contribution < -0.4 is 5.73 Å². The topological polar surface area (TPSA) is 63.3 Å². The van der Waals surface area contributed by atoms with E-state index in [1.807, 2.05) is 31.2 Å².